The summed E-state index contributed by atoms with van der Waals surface area (Å²) in [5.41, 5.74) is 8.38. The minimum atomic E-state index is 0.766. The fourth-order valence-electron chi connectivity index (χ4n) is 1.52. The summed E-state index contributed by atoms with van der Waals surface area (Å²) in [7, 11) is 0. The van der Waals surface area contributed by atoms with Crippen LogP contribution in [0.25, 0.3) is 0 Å². The van der Waals surface area contributed by atoms with Gasteiger partial charge in [0.15, 0.2) is 0 Å². The topological polar surface area (TPSA) is 49.9 Å². The van der Waals surface area contributed by atoms with Crippen LogP contribution in [0, 0.1) is 5.41 Å². The number of nitrogens with two attached hydrogens (primary N) is 1. The van der Waals surface area contributed by atoms with Gasteiger partial charge in [0.05, 0.1) is 0 Å². The maximum absolute atomic E-state index is 7.68. The number of rotatable bonds is 0. The minimum Gasteiger partial charge on any atom is -0.402 e. The van der Waals surface area contributed by atoms with Gasteiger partial charge in [-0.25, -0.2) is 0 Å². The first kappa shape index (κ1) is 8.31. The fraction of sp³-hybridized carbons (Fsp3) is 0.667. The second kappa shape index (κ2) is 3.56. The van der Waals surface area contributed by atoms with Gasteiger partial charge in [-0.2, -0.15) is 0 Å². The average Bonchev–Trinajstić information content (AvgIpc) is 2.13. The lowest BCUT2D eigenvalue weighted by Gasteiger charge is -2.05. The molecule has 0 heterocycles. The first-order chi connectivity index (χ1) is 5.22. The minimum absolute atomic E-state index is 0.766. The molecule has 1 aliphatic rings. The van der Waals surface area contributed by atoms with E-state index in [0.717, 1.165) is 36.2 Å². The number of nitrogens with one attached hydrogen (secondary N) is 1. The van der Waals surface area contributed by atoms with Crippen molar-refractivity contribution in [2.24, 2.45) is 5.73 Å². The van der Waals surface area contributed by atoms with Crippen LogP contribution in [0.3, 0.4) is 0 Å². The van der Waals surface area contributed by atoms with Crippen molar-refractivity contribution in [1.82, 2.24) is 0 Å². The van der Waals surface area contributed by atoms with Gasteiger partial charge in [0.1, 0.15) is 0 Å². The lowest BCUT2D eigenvalue weighted by Crippen LogP contribution is -2.06. The van der Waals surface area contributed by atoms with Crippen LogP contribution in [0.15, 0.2) is 11.3 Å². The molecule has 0 aliphatic heterocycles. The monoisotopic (exact) mass is 152 g/mol. The highest BCUT2D eigenvalue weighted by molar-refractivity contribution is 5.98. The zero-order chi connectivity index (χ0) is 8.27. The van der Waals surface area contributed by atoms with Gasteiger partial charge in [-0.3, -0.25) is 0 Å². The van der Waals surface area contributed by atoms with E-state index in [2.05, 4.69) is 0 Å². The molecule has 0 radical (unpaired) electrons. The van der Waals surface area contributed by atoms with Gasteiger partial charge in [-0.1, -0.05) is 6.42 Å². The van der Waals surface area contributed by atoms with Crippen LogP contribution in [0.1, 0.15) is 39.0 Å². The summed E-state index contributed by atoms with van der Waals surface area (Å²) < 4.78 is 0. The third-order valence-electron chi connectivity index (χ3n) is 2.19. The molecule has 0 bridgehead atoms. The van der Waals surface area contributed by atoms with Crippen LogP contribution in [0.4, 0.5) is 0 Å². The summed E-state index contributed by atoms with van der Waals surface area (Å²) in [5, 5.41) is 7.68. The van der Waals surface area contributed by atoms with E-state index in [1.165, 1.54) is 12.8 Å². The van der Waals surface area contributed by atoms with Crippen molar-refractivity contribution < 1.29 is 0 Å². The van der Waals surface area contributed by atoms with E-state index in [0.29, 0.717) is 0 Å². The van der Waals surface area contributed by atoms with E-state index in [1.807, 2.05) is 6.92 Å². The van der Waals surface area contributed by atoms with Crippen LogP contribution >= 0.6 is 0 Å². The first-order valence-electron chi connectivity index (χ1n) is 4.25. The molecule has 1 fully saturated rings. The lowest BCUT2D eigenvalue weighted by molar-refractivity contribution is 0.722. The zero-order valence-corrected chi connectivity index (χ0v) is 7.11. The Morgan fingerprint density at radius 3 is 2.55 bits per heavy atom. The van der Waals surface area contributed by atoms with Crippen LogP contribution in [0.2, 0.25) is 0 Å². The summed E-state index contributed by atoms with van der Waals surface area (Å²) in [6.45, 7) is 1.90. The highest BCUT2D eigenvalue weighted by Crippen LogP contribution is 2.20. The second-order valence-corrected chi connectivity index (χ2v) is 3.20. The van der Waals surface area contributed by atoms with E-state index in [9.17, 15) is 0 Å². The Morgan fingerprint density at radius 2 is 1.91 bits per heavy atom. The molecule has 1 aliphatic carbocycles. The molecule has 0 aromatic heterocycles. The van der Waals surface area contributed by atoms with Crippen LogP contribution in [-0.2, 0) is 0 Å². The van der Waals surface area contributed by atoms with Crippen molar-refractivity contribution in [1.29, 1.82) is 5.41 Å². The van der Waals surface area contributed by atoms with E-state index >= 15 is 0 Å². The summed E-state index contributed by atoms with van der Waals surface area (Å²) in [4.78, 5) is 0. The van der Waals surface area contributed by atoms with Gasteiger partial charge in [-0.05, 0) is 38.2 Å². The Morgan fingerprint density at radius 1 is 1.27 bits per heavy atom. The fourth-order valence-corrected chi connectivity index (χ4v) is 1.52. The maximum Gasteiger partial charge on any atom is 0.0362 e. The highest BCUT2D eigenvalue weighted by Gasteiger charge is 2.10. The quantitative estimate of drug-likeness (QED) is 0.514. The number of hydrogen-bond acceptors (Lipinski definition) is 2. The Labute approximate surface area is 68.0 Å². The molecule has 0 aromatic carbocycles. The summed E-state index contributed by atoms with van der Waals surface area (Å²) in [6, 6.07) is 0. The predicted octanol–water partition coefficient (Wildman–Crippen LogP) is 2.20. The van der Waals surface area contributed by atoms with Crippen molar-refractivity contribution in [3.63, 3.8) is 0 Å². The number of allylic oxidation sites excluding steroid dienone is 2. The molecule has 0 spiro atoms. The molecule has 2 nitrogen and oxygen atoms in total. The van der Waals surface area contributed by atoms with Gasteiger partial charge < -0.3 is 11.1 Å². The lowest BCUT2D eigenvalue weighted by atomic mass is 10.0. The Bertz CT molecular complexity index is 188. The first-order valence-corrected chi connectivity index (χ1v) is 4.25. The molecule has 1 rings (SSSR count). The van der Waals surface area contributed by atoms with Crippen LogP contribution < -0.4 is 5.73 Å². The SMILES string of the molecule is CC(N)=C1CCCCCC1=N. The highest BCUT2D eigenvalue weighted by atomic mass is 14.6. The maximum atomic E-state index is 7.68. The van der Waals surface area contributed by atoms with Gasteiger partial charge >= 0.3 is 0 Å². The Balaban J connectivity index is 2.76. The molecule has 0 saturated heterocycles. The third-order valence-corrected chi connectivity index (χ3v) is 2.19. The van der Waals surface area contributed by atoms with Gasteiger partial charge in [0.2, 0.25) is 0 Å². The van der Waals surface area contributed by atoms with Crippen molar-refractivity contribution in [3.05, 3.63) is 11.3 Å². The largest absolute Gasteiger partial charge is 0.402 e. The molecule has 3 N–H and O–H groups in total. The summed E-state index contributed by atoms with van der Waals surface area (Å²) in [5.74, 6) is 0. The normalized spacial score (nSPS) is 24.6. The number of hydrogen-bond donors (Lipinski definition) is 2. The second-order valence-electron chi connectivity index (χ2n) is 3.20. The van der Waals surface area contributed by atoms with Crippen molar-refractivity contribution in [3.8, 4) is 0 Å². The van der Waals surface area contributed by atoms with Gasteiger partial charge in [0, 0.05) is 11.4 Å². The van der Waals surface area contributed by atoms with E-state index in [4.69, 9.17) is 11.1 Å². The molecule has 2 heteroatoms. The zero-order valence-electron chi connectivity index (χ0n) is 7.11. The Hall–Kier alpha value is -0.790. The van der Waals surface area contributed by atoms with E-state index in [-0.39, 0.29) is 0 Å². The predicted molar refractivity (Wildman–Crippen MR) is 47.7 cm³/mol. The van der Waals surface area contributed by atoms with Crippen LogP contribution in [-0.4, -0.2) is 5.71 Å². The van der Waals surface area contributed by atoms with Crippen molar-refractivity contribution in [2.75, 3.05) is 0 Å². The molecule has 0 aromatic rings. The molecular formula is C9H16N2. The van der Waals surface area contributed by atoms with E-state index < -0.39 is 0 Å². The smallest absolute Gasteiger partial charge is 0.0362 e. The molecule has 62 valence electrons. The van der Waals surface area contributed by atoms with Gasteiger partial charge in [-0.15, -0.1) is 0 Å². The van der Waals surface area contributed by atoms with Gasteiger partial charge in [0.25, 0.3) is 0 Å². The molecule has 0 unspecified atom stereocenters. The molecule has 11 heavy (non-hydrogen) atoms. The van der Waals surface area contributed by atoms with Crippen molar-refractivity contribution in [2.45, 2.75) is 39.0 Å². The van der Waals surface area contributed by atoms with E-state index in [1.54, 1.807) is 0 Å². The average molecular weight is 152 g/mol. The third kappa shape index (κ3) is 2.07. The molecule has 0 amide bonds. The Kier molecular flexibility index (Phi) is 2.69. The summed E-state index contributed by atoms with van der Waals surface area (Å²) >= 11 is 0. The molecular weight excluding hydrogens is 136 g/mol. The summed E-state index contributed by atoms with van der Waals surface area (Å²) in [6.07, 6.45) is 5.55. The van der Waals surface area contributed by atoms with Crippen LogP contribution in [0.5, 0.6) is 0 Å². The van der Waals surface area contributed by atoms with Crippen molar-refractivity contribution >= 4 is 5.71 Å². The standard InChI is InChI=1S/C9H16N2/c1-7(10)8-5-3-2-4-6-9(8)11/h11H,2-6,10H2,1H3. The molecule has 0 atom stereocenters. The molecule has 1 saturated carbocycles.